The normalized spacial score (nSPS) is 12.8. The van der Waals surface area contributed by atoms with E-state index >= 15 is 0 Å². The zero-order valence-electron chi connectivity index (χ0n) is 19.5. The average molecular weight is 468 g/mol. The lowest BCUT2D eigenvalue weighted by Crippen LogP contribution is -2.26. The van der Waals surface area contributed by atoms with Crippen LogP contribution in [0.4, 0.5) is 5.69 Å². The SMILES string of the molecule is COC(=O)C1=C(C(=O)OC)N(c2cccc(-c3ccc(OCc4ccccc4)cc3)c2)C=CC=C1. The Morgan fingerprint density at radius 3 is 2.23 bits per heavy atom. The number of rotatable bonds is 7. The van der Waals surface area contributed by atoms with Crippen molar-refractivity contribution >= 4 is 17.6 Å². The third-order valence-corrected chi connectivity index (χ3v) is 5.45. The maximum atomic E-state index is 12.7. The molecule has 6 heteroatoms. The lowest BCUT2D eigenvalue weighted by molar-refractivity contribution is -0.139. The Hall–Kier alpha value is -4.58. The first-order valence-corrected chi connectivity index (χ1v) is 11.0. The minimum absolute atomic E-state index is 0.0751. The number of hydrogen-bond acceptors (Lipinski definition) is 6. The summed E-state index contributed by atoms with van der Waals surface area (Å²) >= 11 is 0. The number of carbonyl (C=O) groups is 2. The van der Waals surface area contributed by atoms with Gasteiger partial charge in [-0.15, -0.1) is 0 Å². The van der Waals surface area contributed by atoms with Crippen LogP contribution in [0.3, 0.4) is 0 Å². The molecule has 4 rings (SSSR count). The van der Waals surface area contributed by atoms with Crippen molar-refractivity contribution in [2.45, 2.75) is 6.61 Å². The van der Waals surface area contributed by atoms with E-state index in [1.165, 1.54) is 20.3 Å². The Morgan fingerprint density at radius 1 is 0.771 bits per heavy atom. The standard InChI is InChI=1S/C29H25NO5/c1-33-28(31)26-13-6-7-18-30(27(26)29(32)34-2)24-12-8-11-23(19-24)22-14-16-25(17-15-22)35-20-21-9-4-3-5-10-21/h3-19H,20H2,1-2H3. The summed E-state index contributed by atoms with van der Waals surface area (Å²) in [6, 6.07) is 25.5. The van der Waals surface area contributed by atoms with Gasteiger partial charge in [-0.05, 0) is 53.1 Å². The molecule has 0 spiro atoms. The molecular weight excluding hydrogens is 442 g/mol. The number of benzene rings is 3. The lowest BCUT2D eigenvalue weighted by atomic mass is 10.0. The van der Waals surface area contributed by atoms with Crippen LogP contribution in [0.5, 0.6) is 5.75 Å². The second kappa shape index (κ2) is 11.0. The van der Waals surface area contributed by atoms with E-state index in [9.17, 15) is 9.59 Å². The second-order valence-corrected chi connectivity index (χ2v) is 7.67. The van der Waals surface area contributed by atoms with Crippen LogP contribution in [-0.4, -0.2) is 26.2 Å². The Kier molecular flexibility index (Phi) is 7.43. The highest BCUT2D eigenvalue weighted by Crippen LogP contribution is 2.31. The van der Waals surface area contributed by atoms with Gasteiger partial charge in [-0.2, -0.15) is 0 Å². The van der Waals surface area contributed by atoms with Crippen LogP contribution >= 0.6 is 0 Å². The molecule has 0 aliphatic carbocycles. The van der Waals surface area contributed by atoms with Crippen LogP contribution in [0, 0.1) is 0 Å². The molecule has 3 aromatic carbocycles. The van der Waals surface area contributed by atoms with Crippen LogP contribution in [0.1, 0.15) is 5.56 Å². The molecule has 1 heterocycles. The van der Waals surface area contributed by atoms with Crippen LogP contribution in [0.25, 0.3) is 11.1 Å². The summed E-state index contributed by atoms with van der Waals surface area (Å²) in [7, 11) is 2.55. The summed E-state index contributed by atoms with van der Waals surface area (Å²) in [4.78, 5) is 26.7. The predicted octanol–water partition coefficient (Wildman–Crippen LogP) is 5.42. The van der Waals surface area contributed by atoms with Crippen molar-refractivity contribution in [3.8, 4) is 16.9 Å². The minimum atomic E-state index is -0.646. The number of ether oxygens (including phenoxy) is 3. The number of esters is 2. The van der Waals surface area contributed by atoms with Crippen LogP contribution in [0.15, 0.2) is 115 Å². The van der Waals surface area contributed by atoms with Crippen LogP contribution in [0.2, 0.25) is 0 Å². The second-order valence-electron chi connectivity index (χ2n) is 7.67. The maximum absolute atomic E-state index is 12.7. The van der Waals surface area contributed by atoms with E-state index in [2.05, 4.69) is 0 Å². The minimum Gasteiger partial charge on any atom is -0.489 e. The van der Waals surface area contributed by atoms with Gasteiger partial charge in [0.05, 0.1) is 19.8 Å². The highest BCUT2D eigenvalue weighted by Gasteiger charge is 2.27. The first kappa shape index (κ1) is 23.6. The molecular formula is C29H25NO5. The molecule has 1 aliphatic rings. The van der Waals surface area contributed by atoms with Crippen molar-refractivity contribution in [3.05, 3.63) is 120 Å². The maximum Gasteiger partial charge on any atom is 0.355 e. The van der Waals surface area contributed by atoms with Gasteiger partial charge in [0.15, 0.2) is 0 Å². The zero-order chi connectivity index (χ0) is 24.6. The molecule has 6 nitrogen and oxygen atoms in total. The molecule has 0 aromatic heterocycles. The van der Waals surface area contributed by atoms with Crippen LogP contribution in [-0.2, 0) is 25.7 Å². The third-order valence-electron chi connectivity index (χ3n) is 5.45. The van der Waals surface area contributed by atoms with Crippen LogP contribution < -0.4 is 9.64 Å². The first-order valence-electron chi connectivity index (χ1n) is 11.0. The Balaban J connectivity index is 1.61. The number of carbonyl (C=O) groups excluding carboxylic acids is 2. The van der Waals surface area contributed by atoms with Gasteiger partial charge >= 0.3 is 11.9 Å². The Labute approximate surface area is 204 Å². The summed E-state index contributed by atoms with van der Waals surface area (Å²) in [5.74, 6) is -0.501. The molecule has 1 aliphatic heterocycles. The zero-order valence-corrected chi connectivity index (χ0v) is 19.5. The molecule has 0 bridgehead atoms. The molecule has 0 N–H and O–H groups in total. The van der Waals surface area contributed by atoms with Gasteiger partial charge in [0.25, 0.3) is 0 Å². The van der Waals surface area contributed by atoms with Gasteiger partial charge in [-0.3, -0.25) is 0 Å². The molecule has 0 atom stereocenters. The largest absolute Gasteiger partial charge is 0.489 e. The summed E-state index contributed by atoms with van der Waals surface area (Å²) in [6.45, 7) is 0.496. The summed E-state index contributed by atoms with van der Waals surface area (Å²) in [5, 5.41) is 0. The number of anilines is 1. The molecule has 0 radical (unpaired) electrons. The van der Waals surface area contributed by atoms with Gasteiger partial charge in [-0.25, -0.2) is 9.59 Å². The van der Waals surface area contributed by atoms with Gasteiger partial charge in [0.1, 0.15) is 18.1 Å². The van der Waals surface area contributed by atoms with E-state index in [1.54, 1.807) is 23.3 Å². The van der Waals surface area contributed by atoms with Crippen molar-refractivity contribution in [2.75, 3.05) is 19.1 Å². The van der Waals surface area contributed by atoms with E-state index in [-0.39, 0.29) is 11.3 Å². The van der Waals surface area contributed by atoms with Crippen molar-refractivity contribution in [2.24, 2.45) is 0 Å². The summed E-state index contributed by atoms with van der Waals surface area (Å²) in [5.41, 5.74) is 3.89. The summed E-state index contributed by atoms with van der Waals surface area (Å²) < 4.78 is 15.7. The number of allylic oxidation sites excluding steroid dienone is 2. The molecule has 176 valence electrons. The fraction of sp³-hybridized carbons (Fsp3) is 0.103. The molecule has 0 unspecified atom stereocenters. The van der Waals surface area contributed by atoms with Gasteiger partial charge in [0.2, 0.25) is 0 Å². The Morgan fingerprint density at radius 2 is 1.51 bits per heavy atom. The third kappa shape index (κ3) is 5.50. The van der Waals surface area contributed by atoms with E-state index < -0.39 is 11.9 Å². The number of nitrogens with zero attached hydrogens (tertiary/aromatic N) is 1. The molecule has 0 saturated carbocycles. The topological polar surface area (TPSA) is 65.1 Å². The monoisotopic (exact) mass is 467 g/mol. The predicted molar refractivity (Wildman–Crippen MR) is 134 cm³/mol. The molecule has 0 fully saturated rings. The van der Waals surface area contributed by atoms with Gasteiger partial charge in [-0.1, -0.05) is 60.7 Å². The Bertz CT molecular complexity index is 1290. The fourth-order valence-electron chi connectivity index (χ4n) is 3.69. The number of methoxy groups -OCH3 is 2. The molecule has 35 heavy (non-hydrogen) atoms. The highest BCUT2D eigenvalue weighted by molar-refractivity contribution is 6.05. The summed E-state index contributed by atoms with van der Waals surface area (Å²) in [6.07, 6.45) is 6.66. The van der Waals surface area contributed by atoms with Crippen molar-refractivity contribution in [1.29, 1.82) is 0 Å². The molecule has 0 saturated heterocycles. The fourth-order valence-corrected chi connectivity index (χ4v) is 3.69. The van der Waals surface area contributed by atoms with Gasteiger partial charge < -0.3 is 19.1 Å². The molecule has 3 aromatic rings. The lowest BCUT2D eigenvalue weighted by Gasteiger charge is -2.23. The van der Waals surface area contributed by atoms with Crippen molar-refractivity contribution in [3.63, 3.8) is 0 Å². The van der Waals surface area contributed by atoms with Crippen molar-refractivity contribution < 1.29 is 23.8 Å². The quantitative estimate of drug-likeness (QED) is 0.432. The molecule has 0 amide bonds. The smallest absolute Gasteiger partial charge is 0.355 e. The van der Waals surface area contributed by atoms with E-state index in [4.69, 9.17) is 14.2 Å². The first-order chi connectivity index (χ1) is 17.1. The van der Waals surface area contributed by atoms with E-state index in [1.807, 2.05) is 78.9 Å². The van der Waals surface area contributed by atoms with Gasteiger partial charge in [0, 0.05) is 11.9 Å². The highest BCUT2D eigenvalue weighted by atomic mass is 16.5. The van der Waals surface area contributed by atoms with Crippen molar-refractivity contribution in [1.82, 2.24) is 0 Å². The number of hydrogen-bond donors (Lipinski definition) is 0. The van der Waals surface area contributed by atoms with E-state index in [0.717, 1.165) is 22.4 Å². The average Bonchev–Trinajstić information content (AvgIpc) is 3.15. The van der Waals surface area contributed by atoms with E-state index in [0.29, 0.717) is 12.3 Å².